The SMILES string of the molecule is [AlH3].[MgH2].[O]=[Mn]=[O]. The molecule has 2 nitrogen and oxygen atoms in total. The third-order valence-electron chi connectivity index (χ3n) is 0. The minimum absolute atomic E-state index is 0. The van der Waals surface area contributed by atoms with Gasteiger partial charge in [0, 0.05) is 0 Å². The Morgan fingerprint density at radius 3 is 1.20 bits per heavy atom. The van der Waals surface area contributed by atoms with E-state index in [9.17, 15) is 0 Å². The second-order valence-corrected chi connectivity index (χ2v) is 0.260. The number of hydrogen-bond acceptors (Lipinski definition) is 2. The maximum atomic E-state index is 8.41. The molecular formula is H5AlMgMnO2. The molecule has 0 N–H and O–H groups in total. The van der Waals surface area contributed by atoms with E-state index in [1.54, 1.807) is 0 Å². The van der Waals surface area contributed by atoms with E-state index in [0.717, 1.165) is 0 Å². The van der Waals surface area contributed by atoms with Crippen molar-refractivity contribution < 1.29 is 22.5 Å². The van der Waals surface area contributed by atoms with E-state index < -0.39 is 14.8 Å². The van der Waals surface area contributed by atoms with Crippen LogP contribution in [0.25, 0.3) is 0 Å². The van der Waals surface area contributed by atoms with Crippen LogP contribution in [0, 0.1) is 0 Å². The normalized spacial score (nSPS) is 2.40. The Morgan fingerprint density at radius 2 is 1.20 bits per heavy atom. The first kappa shape index (κ1) is 16.1. The zero-order valence-electron chi connectivity index (χ0n) is 1.19. The van der Waals surface area contributed by atoms with Crippen molar-refractivity contribution in [1.82, 2.24) is 0 Å². The summed E-state index contributed by atoms with van der Waals surface area (Å²) in [6.45, 7) is 0. The molecule has 0 radical (unpaired) electrons. The maximum absolute atomic E-state index is 8.41. The van der Waals surface area contributed by atoms with Crippen molar-refractivity contribution in [2.75, 3.05) is 0 Å². The van der Waals surface area contributed by atoms with Crippen LogP contribution in [0.15, 0.2) is 0 Å². The summed E-state index contributed by atoms with van der Waals surface area (Å²) in [5, 5.41) is 0. The van der Waals surface area contributed by atoms with Crippen LogP contribution in [-0.2, 0) is 22.5 Å². The predicted octanol–water partition coefficient (Wildman–Crippen LogP) is -2.34. The molecule has 0 aromatic rings. The summed E-state index contributed by atoms with van der Waals surface area (Å²) < 4.78 is 16.8. The molecule has 0 aromatic carbocycles. The van der Waals surface area contributed by atoms with E-state index in [1.165, 1.54) is 0 Å². The van der Waals surface area contributed by atoms with Gasteiger partial charge >= 0.3 is 45.5 Å². The fourth-order valence-corrected chi connectivity index (χ4v) is 0. The molecule has 29 valence electrons. The van der Waals surface area contributed by atoms with Crippen LogP contribution in [0.5, 0.6) is 0 Å². The molecular weight excluding hydrogens is 138 g/mol. The summed E-state index contributed by atoms with van der Waals surface area (Å²) in [6.07, 6.45) is 0. The van der Waals surface area contributed by atoms with E-state index in [0.29, 0.717) is 0 Å². The Hall–Kier alpha value is 1.42. The van der Waals surface area contributed by atoms with Crippen molar-refractivity contribution in [3.63, 3.8) is 0 Å². The monoisotopic (exact) mass is 143 g/mol. The molecule has 0 heterocycles. The van der Waals surface area contributed by atoms with E-state index >= 15 is 0 Å². The molecule has 0 amide bonds. The Bertz CT molecular complexity index is 30.6. The van der Waals surface area contributed by atoms with Gasteiger partial charge in [0.25, 0.3) is 0 Å². The van der Waals surface area contributed by atoms with Gasteiger partial charge in [-0.15, -0.1) is 0 Å². The van der Waals surface area contributed by atoms with E-state index in [-0.39, 0.29) is 40.4 Å². The van der Waals surface area contributed by atoms with Gasteiger partial charge in [-0.05, 0) is 0 Å². The molecule has 0 rings (SSSR count). The molecule has 0 spiro atoms. The first-order valence-electron chi connectivity index (χ1n) is 0.309. The Balaban J connectivity index is -0.0000000200. The third-order valence-corrected chi connectivity index (χ3v) is 0. The van der Waals surface area contributed by atoms with Crippen molar-refractivity contribution in [3.05, 3.63) is 0 Å². The minimum atomic E-state index is -1.44. The summed E-state index contributed by atoms with van der Waals surface area (Å²) in [5.74, 6) is 0. The second kappa shape index (κ2) is 18.1. The standard InChI is InChI=1S/Al.Mg.Mn.2O.5H. The first-order chi connectivity index (χ1) is 1.41. The molecule has 0 saturated carbocycles. The fraction of sp³-hybridized carbons (Fsp3) is 0. The average Bonchev–Trinajstić information content (AvgIpc) is 0.918. The molecule has 0 aliphatic carbocycles. The van der Waals surface area contributed by atoms with Crippen LogP contribution in [0.3, 0.4) is 0 Å². The van der Waals surface area contributed by atoms with Gasteiger partial charge in [-0.2, -0.15) is 0 Å². The summed E-state index contributed by atoms with van der Waals surface area (Å²) in [5.41, 5.74) is 0. The Kier molecular flexibility index (Phi) is 58.3. The van der Waals surface area contributed by atoms with Gasteiger partial charge in [0.1, 0.15) is 0 Å². The van der Waals surface area contributed by atoms with Gasteiger partial charge in [-0.3, -0.25) is 0 Å². The van der Waals surface area contributed by atoms with Crippen LogP contribution >= 0.6 is 0 Å². The van der Waals surface area contributed by atoms with Gasteiger partial charge in [-0.1, -0.05) is 0 Å². The van der Waals surface area contributed by atoms with Crippen molar-refractivity contribution in [2.24, 2.45) is 0 Å². The molecule has 0 atom stereocenters. The molecule has 0 aliphatic rings. The summed E-state index contributed by atoms with van der Waals surface area (Å²) in [6, 6.07) is 0. The summed E-state index contributed by atoms with van der Waals surface area (Å²) >= 11 is -1.44. The average molecular weight is 143 g/mol. The van der Waals surface area contributed by atoms with E-state index in [1.807, 2.05) is 0 Å². The predicted molar refractivity (Wildman–Crippen MR) is 19.9 cm³/mol. The molecule has 0 aromatic heterocycles. The van der Waals surface area contributed by atoms with Gasteiger partial charge < -0.3 is 0 Å². The topological polar surface area (TPSA) is 34.1 Å². The molecule has 5 heavy (non-hydrogen) atoms. The molecule has 0 unspecified atom stereocenters. The van der Waals surface area contributed by atoms with Crippen LogP contribution in [0.4, 0.5) is 0 Å². The first-order valence-corrected chi connectivity index (χ1v) is 1.27. The molecule has 0 fully saturated rings. The van der Waals surface area contributed by atoms with Crippen molar-refractivity contribution >= 4 is 40.4 Å². The van der Waals surface area contributed by atoms with E-state index in [4.69, 9.17) is 7.67 Å². The molecule has 0 saturated heterocycles. The van der Waals surface area contributed by atoms with Crippen LogP contribution in [0.2, 0.25) is 0 Å². The van der Waals surface area contributed by atoms with Crippen LogP contribution in [0.1, 0.15) is 0 Å². The third kappa shape index (κ3) is 31.5. The summed E-state index contributed by atoms with van der Waals surface area (Å²) in [4.78, 5) is 0. The Morgan fingerprint density at radius 1 is 1.20 bits per heavy atom. The Labute approximate surface area is 62.5 Å². The molecule has 0 bridgehead atoms. The summed E-state index contributed by atoms with van der Waals surface area (Å²) in [7, 11) is 0. The van der Waals surface area contributed by atoms with Crippen LogP contribution < -0.4 is 0 Å². The van der Waals surface area contributed by atoms with Crippen molar-refractivity contribution in [1.29, 1.82) is 0 Å². The van der Waals surface area contributed by atoms with Gasteiger partial charge in [0.05, 0.1) is 0 Å². The zero-order chi connectivity index (χ0) is 2.71. The van der Waals surface area contributed by atoms with Gasteiger partial charge in [0.2, 0.25) is 0 Å². The molecule has 5 heteroatoms. The quantitative estimate of drug-likeness (QED) is 0.356. The van der Waals surface area contributed by atoms with Crippen molar-refractivity contribution in [3.8, 4) is 0 Å². The van der Waals surface area contributed by atoms with Crippen molar-refractivity contribution in [2.45, 2.75) is 0 Å². The zero-order valence-corrected chi connectivity index (χ0v) is 2.37. The second-order valence-electron chi connectivity index (χ2n) is 0.0630. The fourth-order valence-electron chi connectivity index (χ4n) is 0. The van der Waals surface area contributed by atoms with E-state index in [2.05, 4.69) is 0 Å². The molecule has 0 aliphatic heterocycles. The van der Waals surface area contributed by atoms with Crippen LogP contribution in [-0.4, -0.2) is 40.4 Å². The van der Waals surface area contributed by atoms with Gasteiger partial charge in [-0.25, -0.2) is 0 Å². The number of hydrogen-bond donors (Lipinski definition) is 0. The van der Waals surface area contributed by atoms with Gasteiger partial charge in [0.15, 0.2) is 17.4 Å². The number of rotatable bonds is 0.